The number of allylic oxidation sites excluding steroid dienone is 1. The second-order valence-corrected chi connectivity index (χ2v) is 5.12. The zero-order chi connectivity index (χ0) is 16.2. The van der Waals surface area contributed by atoms with E-state index < -0.39 is 0 Å². The topological polar surface area (TPSA) is 36.9 Å². The molecule has 0 aliphatic heterocycles. The number of ether oxygens (including phenoxy) is 1. The molecular weight excluding hydrogens is 401 g/mol. The molecule has 0 bridgehead atoms. The fourth-order valence-electron chi connectivity index (χ4n) is 2.28. The third-order valence-corrected chi connectivity index (χ3v) is 3.43. The van der Waals surface area contributed by atoms with E-state index in [1.165, 1.54) is 5.56 Å². The first-order chi connectivity index (χ1) is 10.7. The van der Waals surface area contributed by atoms with Crippen LogP contribution in [0.25, 0.3) is 0 Å². The van der Waals surface area contributed by atoms with Crippen LogP contribution in [0.5, 0.6) is 5.75 Å². The van der Waals surface area contributed by atoms with E-state index in [0.29, 0.717) is 6.61 Å². The quantitative estimate of drug-likeness (QED) is 0.213. The summed E-state index contributed by atoms with van der Waals surface area (Å²) in [5, 5.41) is 3.41. The molecule has 1 aromatic rings. The Morgan fingerprint density at radius 3 is 2.78 bits per heavy atom. The van der Waals surface area contributed by atoms with Gasteiger partial charge < -0.3 is 15.0 Å². The van der Waals surface area contributed by atoms with E-state index in [4.69, 9.17) is 4.74 Å². The van der Waals surface area contributed by atoms with Gasteiger partial charge in [-0.2, -0.15) is 0 Å². The SMILES string of the molecule is C=CCCCN(C)C(=NC)NCCc1ccccc1OCC.I. The average molecular weight is 431 g/mol. The lowest BCUT2D eigenvalue weighted by Crippen LogP contribution is -2.40. The molecule has 0 aliphatic rings. The Morgan fingerprint density at radius 1 is 1.39 bits per heavy atom. The smallest absolute Gasteiger partial charge is 0.193 e. The van der Waals surface area contributed by atoms with Crippen LogP contribution < -0.4 is 10.1 Å². The first-order valence-corrected chi connectivity index (χ1v) is 7.96. The van der Waals surface area contributed by atoms with Gasteiger partial charge in [-0.15, -0.1) is 30.6 Å². The Balaban J connectivity index is 0.00000484. The Morgan fingerprint density at radius 2 is 2.13 bits per heavy atom. The Labute approximate surface area is 158 Å². The lowest BCUT2D eigenvalue weighted by atomic mass is 10.1. The van der Waals surface area contributed by atoms with Crippen LogP contribution in [0.1, 0.15) is 25.3 Å². The number of unbranched alkanes of at least 4 members (excludes halogenated alkanes) is 1. The minimum absolute atomic E-state index is 0. The molecule has 0 saturated heterocycles. The largest absolute Gasteiger partial charge is 0.494 e. The van der Waals surface area contributed by atoms with Crippen molar-refractivity contribution < 1.29 is 4.74 Å². The molecule has 0 saturated carbocycles. The summed E-state index contributed by atoms with van der Waals surface area (Å²) in [6.45, 7) is 8.26. The first kappa shape index (κ1) is 21.8. The van der Waals surface area contributed by atoms with Crippen molar-refractivity contribution in [3.05, 3.63) is 42.5 Å². The highest BCUT2D eigenvalue weighted by atomic mass is 127. The van der Waals surface area contributed by atoms with Crippen LogP contribution in [0.3, 0.4) is 0 Å². The monoisotopic (exact) mass is 431 g/mol. The van der Waals surface area contributed by atoms with Crippen LogP contribution >= 0.6 is 24.0 Å². The van der Waals surface area contributed by atoms with Crippen LogP contribution in [0.4, 0.5) is 0 Å². The lowest BCUT2D eigenvalue weighted by molar-refractivity contribution is 0.336. The van der Waals surface area contributed by atoms with E-state index in [-0.39, 0.29) is 24.0 Å². The Kier molecular flexibility index (Phi) is 12.5. The minimum atomic E-state index is 0. The molecule has 23 heavy (non-hydrogen) atoms. The number of para-hydroxylation sites is 1. The van der Waals surface area contributed by atoms with Gasteiger partial charge in [0.15, 0.2) is 5.96 Å². The van der Waals surface area contributed by atoms with E-state index >= 15 is 0 Å². The van der Waals surface area contributed by atoms with Gasteiger partial charge in [0, 0.05) is 27.2 Å². The molecule has 1 aromatic carbocycles. The van der Waals surface area contributed by atoms with Crippen molar-refractivity contribution in [1.29, 1.82) is 0 Å². The number of nitrogens with zero attached hydrogens (tertiary/aromatic N) is 2. The predicted molar refractivity (Wildman–Crippen MR) is 110 cm³/mol. The van der Waals surface area contributed by atoms with Crippen molar-refractivity contribution in [3.63, 3.8) is 0 Å². The van der Waals surface area contributed by atoms with Crippen molar-refractivity contribution in [1.82, 2.24) is 10.2 Å². The van der Waals surface area contributed by atoms with Gasteiger partial charge in [0.25, 0.3) is 0 Å². The normalized spacial score (nSPS) is 10.7. The van der Waals surface area contributed by atoms with Crippen molar-refractivity contribution in [3.8, 4) is 5.75 Å². The molecule has 0 fully saturated rings. The standard InChI is InChI=1S/C18H29N3O.HI/c1-5-7-10-15-21(4)18(19-3)20-14-13-16-11-8-9-12-17(16)22-6-2;/h5,8-9,11-12H,1,6-7,10,13-15H2,2-4H3,(H,19,20);1H. The average Bonchev–Trinajstić information content (AvgIpc) is 2.53. The third-order valence-electron chi connectivity index (χ3n) is 3.43. The predicted octanol–water partition coefficient (Wildman–Crippen LogP) is 3.72. The Hall–Kier alpha value is -1.24. The molecule has 5 heteroatoms. The molecule has 4 nitrogen and oxygen atoms in total. The van der Waals surface area contributed by atoms with Crippen LogP contribution in [-0.4, -0.2) is 44.7 Å². The van der Waals surface area contributed by atoms with Gasteiger partial charge in [0.05, 0.1) is 6.61 Å². The summed E-state index contributed by atoms with van der Waals surface area (Å²) in [5.74, 6) is 1.90. The number of aliphatic imine (C=N–C) groups is 1. The molecule has 1 N–H and O–H groups in total. The molecule has 0 amide bonds. The van der Waals surface area contributed by atoms with Gasteiger partial charge in [0.2, 0.25) is 0 Å². The summed E-state index contributed by atoms with van der Waals surface area (Å²) in [5.41, 5.74) is 1.22. The maximum absolute atomic E-state index is 5.66. The highest BCUT2D eigenvalue weighted by Crippen LogP contribution is 2.17. The van der Waals surface area contributed by atoms with Gasteiger partial charge in [-0.25, -0.2) is 0 Å². The highest BCUT2D eigenvalue weighted by molar-refractivity contribution is 14.0. The summed E-state index contributed by atoms with van der Waals surface area (Å²) in [6.07, 6.45) is 4.99. The number of hydrogen-bond acceptors (Lipinski definition) is 2. The van der Waals surface area contributed by atoms with Crippen LogP contribution in [0.15, 0.2) is 41.9 Å². The van der Waals surface area contributed by atoms with E-state index in [1.54, 1.807) is 0 Å². The molecule has 0 aliphatic carbocycles. The zero-order valence-electron chi connectivity index (χ0n) is 14.5. The summed E-state index contributed by atoms with van der Waals surface area (Å²) in [6, 6.07) is 8.20. The van der Waals surface area contributed by atoms with Gasteiger partial charge in [-0.3, -0.25) is 4.99 Å². The minimum Gasteiger partial charge on any atom is -0.494 e. The second-order valence-electron chi connectivity index (χ2n) is 5.12. The molecule has 0 radical (unpaired) electrons. The third kappa shape index (κ3) is 8.25. The zero-order valence-corrected chi connectivity index (χ0v) is 16.9. The molecule has 0 spiro atoms. The molecule has 0 unspecified atom stereocenters. The number of benzene rings is 1. The summed E-state index contributed by atoms with van der Waals surface area (Å²) >= 11 is 0. The number of rotatable bonds is 9. The van der Waals surface area contributed by atoms with Gasteiger partial charge in [-0.05, 0) is 37.8 Å². The van der Waals surface area contributed by atoms with Crippen molar-refractivity contribution in [2.24, 2.45) is 4.99 Å². The van der Waals surface area contributed by atoms with Crippen molar-refractivity contribution >= 4 is 29.9 Å². The lowest BCUT2D eigenvalue weighted by Gasteiger charge is -2.22. The maximum Gasteiger partial charge on any atom is 0.193 e. The van der Waals surface area contributed by atoms with Crippen LogP contribution in [-0.2, 0) is 6.42 Å². The van der Waals surface area contributed by atoms with E-state index in [0.717, 1.165) is 44.1 Å². The van der Waals surface area contributed by atoms with Crippen LogP contribution in [0, 0.1) is 0 Å². The fourth-order valence-corrected chi connectivity index (χ4v) is 2.28. The first-order valence-electron chi connectivity index (χ1n) is 7.96. The van der Waals surface area contributed by atoms with E-state index in [9.17, 15) is 0 Å². The number of guanidine groups is 1. The van der Waals surface area contributed by atoms with Crippen molar-refractivity contribution in [2.75, 3.05) is 33.8 Å². The molecule has 1 rings (SSSR count). The molecule has 130 valence electrons. The van der Waals surface area contributed by atoms with Crippen LogP contribution in [0.2, 0.25) is 0 Å². The van der Waals surface area contributed by atoms with E-state index in [1.807, 2.05) is 38.2 Å². The summed E-state index contributed by atoms with van der Waals surface area (Å²) in [4.78, 5) is 6.48. The van der Waals surface area contributed by atoms with Gasteiger partial charge in [0.1, 0.15) is 5.75 Å². The summed E-state index contributed by atoms with van der Waals surface area (Å²) < 4.78 is 5.66. The van der Waals surface area contributed by atoms with Crippen molar-refractivity contribution in [2.45, 2.75) is 26.2 Å². The Bertz CT molecular complexity index is 477. The van der Waals surface area contributed by atoms with Gasteiger partial charge >= 0.3 is 0 Å². The summed E-state index contributed by atoms with van der Waals surface area (Å²) in [7, 11) is 3.88. The maximum atomic E-state index is 5.66. The second kappa shape index (κ2) is 13.2. The van der Waals surface area contributed by atoms with E-state index in [2.05, 4.69) is 34.9 Å². The number of halogens is 1. The fraction of sp³-hybridized carbons (Fsp3) is 0.500. The molecular formula is C18H30IN3O. The number of nitrogens with one attached hydrogen (secondary N) is 1. The molecule has 0 aromatic heterocycles. The highest BCUT2D eigenvalue weighted by Gasteiger charge is 2.06. The molecule has 0 heterocycles. The molecule has 0 atom stereocenters. The van der Waals surface area contributed by atoms with Gasteiger partial charge in [-0.1, -0.05) is 24.3 Å². The number of hydrogen-bond donors (Lipinski definition) is 1.